The van der Waals surface area contributed by atoms with E-state index in [0.29, 0.717) is 5.75 Å². The Balaban J connectivity index is 2.15. The van der Waals surface area contributed by atoms with Crippen molar-refractivity contribution in [2.45, 2.75) is 51.8 Å². The van der Waals surface area contributed by atoms with Crippen molar-refractivity contribution in [1.29, 1.82) is 0 Å². The summed E-state index contributed by atoms with van der Waals surface area (Å²) in [6.45, 7) is 6.25. The third-order valence-corrected chi connectivity index (χ3v) is 4.88. The molecule has 1 aliphatic rings. The summed E-state index contributed by atoms with van der Waals surface area (Å²) in [6, 6.07) is 5.89. The Morgan fingerprint density at radius 1 is 1.47 bits per heavy atom. The number of phenols is 1. The Kier molecular flexibility index (Phi) is 4.23. The summed E-state index contributed by atoms with van der Waals surface area (Å²) in [5.74, 6) is 0.320. The Labute approximate surface area is 123 Å². The van der Waals surface area contributed by atoms with Crippen molar-refractivity contribution in [3.05, 3.63) is 28.2 Å². The van der Waals surface area contributed by atoms with E-state index in [1.54, 1.807) is 6.07 Å². The van der Waals surface area contributed by atoms with Gasteiger partial charge in [0.1, 0.15) is 5.75 Å². The quantitative estimate of drug-likeness (QED) is 0.794. The summed E-state index contributed by atoms with van der Waals surface area (Å²) in [6.07, 6.45) is 1.43. The molecule has 3 nitrogen and oxygen atoms in total. The molecule has 0 spiro atoms. The topological polar surface area (TPSA) is 52.5 Å². The van der Waals surface area contributed by atoms with Gasteiger partial charge >= 0.3 is 0 Å². The lowest BCUT2D eigenvalue weighted by atomic mass is 9.64. The standard InChI is InChI=1S/C15H22BrNO2/c1-4-11(10-7-9(16)5-6-12(10)18)17-13-8-14(19)15(13,2)3/h5-7,11,13-14,17-19H,4,8H2,1-3H3. The highest BCUT2D eigenvalue weighted by molar-refractivity contribution is 9.10. The van der Waals surface area contributed by atoms with Crippen molar-refractivity contribution in [2.24, 2.45) is 5.41 Å². The number of phenolic OH excluding ortho intramolecular Hbond substituents is 1. The maximum absolute atomic E-state index is 10.0. The molecule has 1 saturated carbocycles. The molecule has 0 heterocycles. The zero-order valence-corrected chi connectivity index (χ0v) is 13.2. The van der Waals surface area contributed by atoms with Crippen LogP contribution in [-0.2, 0) is 0 Å². The minimum absolute atomic E-state index is 0.102. The predicted octanol–water partition coefficient (Wildman–Crippen LogP) is 3.35. The molecule has 2 rings (SSSR count). The van der Waals surface area contributed by atoms with E-state index in [1.165, 1.54) is 0 Å². The molecule has 1 aromatic carbocycles. The first-order chi connectivity index (χ1) is 8.86. The van der Waals surface area contributed by atoms with Gasteiger partial charge in [-0.25, -0.2) is 0 Å². The molecule has 1 fully saturated rings. The summed E-state index contributed by atoms with van der Waals surface area (Å²) in [7, 11) is 0. The number of hydrogen-bond donors (Lipinski definition) is 3. The Morgan fingerprint density at radius 2 is 2.16 bits per heavy atom. The molecular weight excluding hydrogens is 306 g/mol. The van der Waals surface area contributed by atoms with Crippen LogP contribution in [0.15, 0.2) is 22.7 Å². The Bertz CT molecular complexity index is 461. The lowest BCUT2D eigenvalue weighted by molar-refractivity contribution is -0.0762. The predicted molar refractivity (Wildman–Crippen MR) is 80.2 cm³/mol. The van der Waals surface area contributed by atoms with E-state index in [0.717, 1.165) is 22.9 Å². The number of hydrogen-bond acceptors (Lipinski definition) is 3. The first-order valence-corrected chi connectivity index (χ1v) is 7.58. The molecule has 0 amide bonds. The zero-order valence-electron chi connectivity index (χ0n) is 11.7. The number of halogens is 1. The molecule has 1 aromatic rings. The van der Waals surface area contributed by atoms with Gasteiger partial charge < -0.3 is 15.5 Å². The monoisotopic (exact) mass is 327 g/mol. The van der Waals surface area contributed by atoms with Crippen molar-refractivity contribution >= 4 is 15.9 Å². The molecular formula is C15H22BrNO2. The van der Waals surface area contributed by atoms with Crippen LogP contribution in [0, 0.1) is 5.41 Å². The number of rotatable bonds is 4. The lowest BCUT2D eigenvalue weighted by Gasteiger charge is -2.51. The zero-order chi connectivity index (χ0) is 14.2. The number of benzene rings is 1. The van der Waals surface area contributed by atoms with Gasteiger partial charge in [0, 0.05) is 27.5 Å². The second kappa shape index (κ2) is 5.43. The molecule has 1 aliphatic carbocycles. The SMILES string of the molecule is CCC(NC1CC(O)C1(C)C)c1cc(Br)ccc1O. The molecule has 0 bridgehead atoms. The van der Waals surface area contributed by atoms with Crippen molar-refractivity contribution in [2.75, 3.05) is 0 Å². The van der Waals surface area contributed by atoms with Gasteiger partial charge in [-0.15, -0.1) is 0 Å². The smallest absolute Gasteiger partial charge is 0.120 e. The molecule has 3 N–H and O–H groups in total. The normalized spacial score (nSPS) is 26.8. The van der Waals surface area contributed by atoms with Crippen LogP contribution in [0.2, 0.25) is 0 Å². The van der Waals surface area contributed by atoms with E-state index in [9.17, 15) is 10.2 Å². The molecule has 0 aliphatic heterocycles. The van der Waals surface area contributed by atoms with Crippen LogP contribution < -0.4 is 5.32 Å². The first kappa shape index (κ1) is 14.8. The van der Waals surface area contributed by atoms with Crippen LogP contribution in [-0.4, -0.2) is 22.4 Å². The van der Waals surface area contributed by atoms with Gasteiger partial charge in [0.15, 0.2) is 0 Å². The summed E-state index contributed by atoms with van der Waals surface area (Å²) >= 11 is 3.44. The fraction of sp³-hybridized carbons (Fsp3) is 0.600. The largest absolute Gasteiger partial charge is 0.508 e. The van der Waals surface area contributed by atoms with Gasteiger partial charge in [-0.2, -0.15) is 0 Å². The van der Waals surface area contributed by atoms with E-state index in [1.807, 2.05) is 12.1 Å². The van der Waals surface area contributed by atoms with E-state index in [-0.39, 0.29) is 23.6 Å². The number of aliphatic hydroxyl groups is 1. The van der Waals surface area contributed by atoms with E-state index < -0.39 is 0 Å². The van der Waals surface area contributed by atoms with Crippen LogP contribution in [0.4, 0.5) is 0 Å². The fourth-order valence-corrected chi connectivity index (χ4v) is 3.04. The van der Waals surface area contributed by atoms with Crippen molar-refractivity contribution in [3.63, 3.8) is 0 Å². The van der Waals surface area contributed by atoms with Gasteiger partial charge in [-0.3, -0.25) is 0 Å². The lowest BCUT2D eigenvalue weighted by Crippen LogP contribution is -2.60. The van der Waals surface area contributed by atoms with Gasteiger partial charge in [0.25, 0.3) is 0 Å². The average Bonchev–Trinajstić information content (AvgIpc) is 2.37. The van der Waals surface area contributed by atoms with E-state index in [2.05, 4.69) is 42.0 Å². The van der Waals surface area contributed by atoms with E-state index >= 15 is 0 Å². The summed E-state index contributed by atoms with van der Waals surface area (Å²) in [5.41, 5.74) is 0.809. The van der Waals surface area contributed by atoms with Crippen molar-refractivity contribution in [3.8, 4) is 5.75 Å². The van der Waals surface area contributed by atoms with E-state index in [4.69, 9.17) is 0 Å². The van der Waals surface area contributed by atoms with Gasteiger partial charge in [-0.05, 0) is 31.0 Å². The average molecular weight is 328 g/mol. The molecule has 3 atom stereocenters. The number of aromatic hydroxyl groups is 1. The highest BCUT2D eigenvalue weighted by Gasteiger charge is 2.47. The first-order valence-electron chi connectivity index (χ1n) is 6.78. The molecule has 0 aromatic heterocycles. The van der Waals surface area contributed by atoms with Gasteiger partial charge in [-0.1, -0.05) is 36.7 Å². The van der Waals surface area contributed by atoms with Crippen LogP contribution in [0.5, 0.6) is 5.75 Å². The Hall–Kier alpha value is -0.580. The molecule has 0 saturated heterocycles. The Morgan fingerprint density at radius 3 is 2.68 bits per heavy atom. The molecule has 4 heteroatoms. The summed E-state index contributed by atoms with van der Waals surface area (Å²) < 4.78 is 0.966. The summed E-state index contributed by atoms with van der Waals surface area (Å²) in [4.78, 5) is 0. The van der Waals surface area contributed by atoms with Crippen molar-refractivity contribution in [1.82, 2.24) is 5.32 Å². The third kappa shape index (κ3) is 2.81. The number of nitrogens with one attached hydrogen (secondary N) is 1. The minimum Gasteiger partial charge on any atom is -0.508 e. The molecule has 19 heavy (non-hydrogen) atoms. The highest BCUT2D eigenvalue weighted by atomic mass is 79.9. The van der Waals surface area contributed by atoms with Crippen molar-refractivity contribution < 1.29 is 10.2 Å². The fourth-order valence-electron chi connectivity index (χ4n) is 2.66. The van der Waals surface area contributed by atoms with Crippen LogP contribution in [0.3, 0.4) is 0 Å². The van der Waals surface area contributed by atoms with Crippen LogP contribution >= 0.6 is 15.9 Å². The van der Waals surface area contributed by atoms with Crippen LogP contribution in [0.25, 0.3) is 0 Å². The molecule has 106 valence electrons. The maximum atomic E-state index is 10.0. The third-order valence-electron chi connectivity index (χ3n) is 4.39. The van der Waals surface area contributed by atoms with Gasteiger partial charge in [0.2, 0.25) is 0 Å². The molecule has 0 radical (unpaired) electrons. The maximum Gasteiger partial charge on any atom is 0.120 e. The molecule has 3 unspecified atom stereocenters. The van der Waals surface area contributed by atoms with Crippen LogP contribution in [0.1, 0.15) is 45.2 Å². The second-order valence-corrected chi connectivity index (χ2v) is 6.87. The number of aliphatic hydroxyl groups excluding tert-OH is 1. The second-order valence-electron chi connectivity index (χ2n) is 5.96. The van der Waals surface area contributed by atoms with Gasteiger partial charge in [0.05, 0.1) is 6.10 Å². The minimum atomic E-state index is -0.237. The highest BCUT2D eigenvalue weighted by Crippen LogP contribution is 2.42. The summed E-state index contributed by atoms with van der Waals surface area (Å²) in [5, 5.41) is 23.4.